The molecular formula is C23H27N3O2. The first kappa shape index (κ1) is 17.7. The van der Waals surface area contributed by atoms with Crippen molar-refractivity contribution in [2.45, 2.75) is 43.7 Å². The van der Waals surface area contributed by atoms with Crippen LogP contribution in [-0.2, 0) is 0 Å². The number of benzene rings is 1. The molecule has 1 amide bonds. The van der Waals surface area contributed by atoms with Crippen LogP contribution in [0, 0.1) is 5.92 Å². The smallest absolute Gasteiger partial charge is 0.253 e. The van der Waals surface area contributed by atoms with Crippen molar-refractivity contribution >= 4 is 5.91 Å². The Morgan fingerprint density at radius 2 is 2.00 bits per heavy atom. The Labute approximate surface area is 166 Å². The molecule has 1 saturated heterocycles. The summed E-state index contributed by atoms with van der Waals surface area (Å²) in [5, 5.41) is 3.24. The highest BCUT2D eigenvalue weighted by Crippen LogP contribution is 2.44. The van der Waals surface area contributed by atoms with Gasteiger partial charge in [0.1, 0.15) is 11.4 Å². The van der Waals surface area contributed by atoms with E-state index in [4.69, 9.17) is 4.74 Å². The molecule has 5 heteroatoms. The van der Waals surface area contributed by atoms with Gasteiger partial charge in [-0.15, -0.1) is 0 Å². The summed E-state index contributed by atoms with van der Waals surface area (Å²) in [5.41, 5.74) is 1.49. The molecular weight excluding hydrogens is 350 g/mol. The number of hydrogen-bond donors (Lipinski definition) is 1. The number of carbonyl (C=O) groups is 1. The molecule has 0 radical (unpaired) electrons. The lowest BCUT2D eigenvalue weighted by Gasteiger charge is -2.47. The zero-order chi connectivity index (χ0) is 19.0. The Morgan fingerprint density at radius 3 is 2.75 bits per heavy atom. The molecule has 3 aliphatic rings. The van der Waals surface area contributed by atoms with Crippen molar-refractivity contribution in [3.63, 3.8) is 0 Å². The second-order valence-electron chi connectivity index (χ2n) is 8.54. The maximum absolute atomic E-state index is 12.8. The first-order valence-corrected chi connectivity index (χ1v) is 10.4. The van der Waals surface area contributed by atoms with E-state index in [0.29, 0.717) is 5.56 Å². The molecule has 1 aromatic heterocycles. The minimum atomic E-state index is -0.179. The van der Waals surface area contributed by atoms with Gasteiger partial charge in [0.15, 0.2) is 0 Å². The lowest BCUT2D eigenvalue weighted by atomic mass is 9.80. The number of nitrogens with zero attached hydrogens (tertiary/aromatic N) is 2. The van der Waals surface area contributed by atoms with Gasteiger partial charge in [-0.2, -0.15) is 0 Å². The van der Waals surface area contributed by atoms with Gasteiger partial charge in [0.05, 0.1) is 11.6 Å². The topological polar surface area (TPSA) is 54.5 Å². The third kappa shape index (κ3) is 3.63. The van der Waals surface area contributed by atoms with E-state index in [0.717, 1.165) is 49.6 Å². The van der Waals surface area contributed by atoms with E-state index in [9.17, 15) is 4.79 Å². The van der Waals surface area contributed by atoms with Crippen LogP contribution in [0.4, 0.5) is 0 Å². The molecule has 146 valence electrons. The SMILES string of the molecule is O=C(N[C@H]1CC2(CCN(CC3CC3)CC2)Oc2ccccc21)c1cccnc1. The van der Waals surface area contributed by atoms with E-state index in [-0.39, 0.29) is 17.6 Å². The van der Waals surface area contributed by atoms with E-state index < -0.39 is 0 Å². The van der Waals surface area contributed by atoms with Crippen molar-refractivity contribution in [2.24, 2.45) is 5.92 Å². The zero-order valence-corrected chi connectivity index (χ0v) is 16.1. The van der Waals surface area contributed by atoms with Crippen LogP contribution in [0.3, 0.4) is 0 Å². The molecule has 5 rings (SSSR count). The maximum Gasteiger partial charge on any atom is 0.253 e. The number of pyridine rings is 1. The number of rotatable bonds is 4. The number of aromatic nitrogens is 1. The van der Waals surface area contributed by atoms with Gasteiger partial charge < -0.3 is 15.0 Å². The van der Waals surface area contributed by atoms with Crippen molar-refractivity contribution in [3.8, 4) is 5.75 Å². The average Bonchev–Trinajstić information content (AvgIpc) is 3.55. The van der Waals surface area contributed by atoms with E-state index in [2.05, 4.69) is 21.3 Å². The summed E-state index contributed by atoms with van der Waals surface area (Å²) in [4.78, 5) is 19.4. The predicted octanol–water partition coefficient (Wildman–Crippen LogP) is 3.58. The standard InChI is InChI=1S/C23H27N3O2/c27-22(18-4-3-11-24-15-18)25-20-14-23(28-21-6-2-1-5-19(20)21)9-12-26(13-10-23)16-17-7-8-17/h1-6,11,15,17,20H,7-10,12-14,16H2,(H,25,27)/t20-/m0/s1. The summed E-state index contributed by atoms with van der Waals surface area (Å²) in [6, 6.07) is 11.7. The van der Waals surface area contributed by atoms with Crippen LogP contribution in [0.15, 0.2) is 48.8 Å². The maximum atomic E-state index is 12.8. The van der Waals surface area contributed by atoms with Crippen molar-refractivity contribution in [2.75, 3.05) is 19.6 Å². The molecule has 1 aromatic carbocycles. The van der Waals surface area contributed by atoms with Crippen molar-refractivity contribution < 1.29 is 9.53 Å². The average molecular weight is 377 g/mol. The Morgan fingerprint density at radius 1 is 1.18 bits per heavy atom. The number of nitrogens with one attached hydrogen (secondary N) is 1. The van der Waals surface area contributed by atoms with E-state index >= 15 is 0 Å². The summed E-state index contributed by atoms with van der Waals surface area (Å²) in [7, 11) is 0. The molecule has 2 aromatic rings. The molecule has 1 atom stereocenters. The number of ether oxygens (including phenoxy) is 1. The second kappa shape index (κ2) is 7.21. The van der Waals surface area contributed by atoms with Crippen LogP contribution >= 0.6 is 0 Å². The molecule has 1 N–H and O–H groups in total. The first-order valence-electron chi connectivity index (χ1n) is 10.4. The number of carbonyl (C=O) groups excluding carboxylic acids is 1. The Bertz CT molecular complexity index is 842. The molecule has 2 fully saturated rings. The van der Waals surface area contributed by atoms with Gasteiger partial charge >= 0.3 is 0 Å². The van der Waals surface area contributed by atoms with Crippen molar-refractivity contribution in [3.05, 3.63) is 59.9 Å². The normalized spacial score (nSPS) is 23.6. The fourth-order valence-corrected chi connectivity index (χ4v) is 4.60. The van der Waals surface area contributed by atoms with E-state index in [1.54, 1.807) is 24.5 Å². The van der Waals surface area contributed by atoms with Crippen LogP contribution in [-0.4, -0.2) is 41.0 Å². The van der Waals surface area contributed by atoms with Crippen molar-refractivity contribution in [1.82, 2.24) is 15.2 Å². The van der Waals surface area contributed by atoms with Gasteiger partial charge in [-0.3, -0.25) is 9.78 Å². The highest BCUT2D eigenvalue weighted by molar-refractivity contribution is 5.94. The highest BCUT2D eigenvalue weighted by atomic mass is 16.5. The van der Waals surface area contributed by atoms with Crippen molar-refractivity contribution in [1.29, 1.82) is 0 Å². The molecule has 3 heterocycles. The summed E-state index contributed by atoms with van der Waals surface area (Å²) >= 11 is 0. The molecule has 5 nitrogen and oxygen atoms in total. The molecule has 0 bridgehead atoms. The van der Waals surface area contributed by atoms with Gasteiger partial charge in [0, 0.05) is 44.0 Å². The first-order chi connectivity index (χ1) is 13.7. The fraction of sp³-hybridized carbons (Fsp3) is 0.478. The molecule has 1 spiro atoms. The minimum absolute atomic E-state index is 0.0346. The molecule has 1 aliphatic carbocycles. The fourth-order valence-electron chi connectivity index (χ4n) is 4.60. The summed E-state index contributed by atoms with van der Waals surface area (Å²) in [6.07, 6.45) is 8.97. The van der Waals surface area contributed by atoms with E-state index in [1.165, 1.54) is 19.4 Å². The van der Waals surface area contributed by atoms with Crippen LogP contribution < -0.4 is 10.1 Å². The van der Waals surface area contributed by atoms with Crippen LogP contribution in [0.1, 0.15) is 54.1 Å². The number of para-hydroxylation sites is 1. The Kier molecular flexibility index (Phi) is 4.55. The molecule has 1 saturated carbocycles. The molecule has 2 aliphatic heterocycles. The number of likely N-dealkylation sites (tertiary alicyclic amines) is 1. The van der Waals surface area contributed by atoms with Gasteiger partial charge in [-0.25, -0.2) is 0 Å². The summed E-state index contributed by atoms with van der Waals surface area (Å²) in [6.45, 7) is 3.41. The van der Waals surface area contributed by atoms with Gasteiger partial charge in [-0.1, -0.05) is 18.2 Å². The monoisotopic (exact) mass is 377 g/mol. The van der Waals surface area contributed by atoms with Crippen LogP contribution in [0.2, 0.25) is 0 Å². The highest BCUT2D eigenvalue weighted by Gasteiger charge is 2.44. The summed E-state index contributed by atoms with van der Waals surface area (Å²) in [5.74, 6) is 1.77. The second-order valence-corrected chi connectivity index (χ2v) is 8.54. The quantitative estimate of drug-likeness (QED) is 0.885. The van der Waals surface area contributed by atoms with Crippen LogP contribution in [0.5, 0.6) is 5.75 Å². The van der Waals surface area contributed by atoms with Gasteiger partial charge in [-0.05, 0) is 49.8 Å². The number of hydrogen-bond acceptors (Lipinski definition) is 4. The zero-order valence-electron chi connectivity index (χ0n) is 16.1. The Balaban J connectivity index is 1.34. The van der Waals surface area contributed by atoms with Crippen LogP contribution in [0.25, 0.3) is 0 Å². The number of amides is 1. The predicted molar refractivity (Wildman–Crippen MR) is 107 cm³/mol. The van der Waals surface area contributed by atoms with E-state index in [1.807, 2.05) is 18.2 Å². The molecule has 0 unspecified atom stereocenters. The number of piperidine rings is 1. The Hall–Kier alpha value is -2.40. The van der Waals surface area contributed by atoms with Gasteiger partial charge in [0.2, 0.25) is 0 Å². The lowest BCUT2D eigenvalue weighted by molar-refractivity contribution is -0.0254. The minimum Gasteiger partial charge on any atom is -0.487 e. The largest absolute Gasteiger partial charge is 0.487 e. The summed E-state index contributed by atoms with van der Waals surface area (Å²) < 4.78 is 6.56. The third-order valence-electron chi connectivity index (χ3n) is 6.41. The lowest BCUT2D eigenvalue weighted by Crippen LogP contribution is -2.52. The third-order valence-corrected chi connectivity index (χ3v) is 6.41. The molecule has 28 heavy (non-hydrogen) atoms. The van der Waals surface area contributed by atoms with Gasteiger partial charge in [0.25, 0.3) is 5.91 Å². The number of fused-ring (bicyclic) bond motifs is 1.